The minimum absolute atomic E-state index is 0.475. The maximum absolute atomic E-state index is 6.52. The van der Waals surface area contributed by atoms with E-state index in [1.165, 1.54) is 0 Å². The molecule has 2 aliphatic rings. The molecule has 0 atom stereocenters. The lowest BCUT2D eigenvalue weighted by Gasteiger charge is -2.29. The molecule has 1 aliphatic heterocycles. The van der Waals surface area contributed by atoms with Gasteiger partial charge < -0.3 is 24.7 Å². The third kappa shape index (κ3) is 3.52. The summed E-state index contributed by atoms with van der Waals surface area (Å²) >= 11 is 6.52. The van der Waals surface area contributed by atoms with Crippen LogP contribution < -0.4 is 15.5 Å². The summed E-state index contributed by atoms with van der Waals surface area (Å²) in [6.07, 6.45) is 3.95. The molecule has 0 radical (unpaired) electrons. The molecular formula is C19H20ClN5O2. The fourth-order valence-electron chi connectivity index (χ4n) is 3.21. The van der Waals surface area contributed by atoms with E-state index in [1.54, 1.807) is 6.26 Å². The molecule has 1 saturated heterocycles. The van der Waals surface area contributed by atoms with Crippen LogP contribution in [0, 0.1) is 0 Å². The highest BCUT2D eigenvalue weighted by atomic mass is 35.5. The molecule has 0 bridgehead atoms. The van der Waals surface area contributed by atoms with Crippen molar-refractivity contribution in [2.24, 2.45) is 0 Å². The number of fused-ring (bicyclic) bond motifs is 1. The molecule has 2 aromatic heterocycles. The van der Waals surface area contributed by atoms with Gasteiger partial charge in [-0.1, -0.05) is 11.6 Å². The van der Waals surface area contributed by atoms with Gasteiger partial charge in [-0.05, 0) is 31.0 Å². The SMILES string of the molecule is Clc1cc(Nc2nc(NC3CC3)c3occc3n2)ccc1N1CCOCC1. The van der Waals surface area contributed by atoms with Crippen LogP contribution in [0.25, 0.3) is 11.1 Å². The van der Waals surface area contributed by atoms with Gasteiger partial charge in [-0.15, -0.1) is 0 Å². The molecule has 0 spiro atoms. The summed E-state index contributed by atoms with van der Waals surface area (Å²) in [5.74, 6) is 1.24. The smallest absolute Gasteiger partial charge is 0.229 e. The highest BCUT2D eigenvalue weighted by molar-refractivity contribution is 6.33. The Morgan fingerprint density at radius 1 is 1.11 bits per heavy atom. The number of ether oxygens (including phenoxy) is 1. The van der Waals surface area contributed by atoms with E-state index in [4.69, 9.17) is 20.8 Å². The Labute approximate surface area is 161 Å². The molecule has 1 aromatic carbocycles. The van der Waals surface area contributed by atoms with E-state index in [9.17, 15) is 0 Å². The first-order chi connectivity index (χ1) is 13.3. The van der Waals surface area contributed by atoms with E-state index < -0.39 is 0 Å². The Balaban J connectivity index is 1.40. The van der Waals surface area contributed by atoms with Gasteiger partial charge in [0, 0.05) is 30.9 Å². The van der Waals surface area contributed by atoms with Crippen molar-refractivity contribution in [1.29, 1.82) is 0 Å². The third-order valence-electron chi connectivity index (χ3n) is 4.78. The molecule has 27 heavy (non-hydrogen) atoms. The standard InChI is InChI=1S/C19H20ClN5O2/c20-14-11-13(3-4-16(14)25-6-9-26-10-7-25)22-19-23-15-5-8-27-17(15)18(24-19)21-12-1-2-12/h3-5,8,11-12H,1-2,6-7,9-10H2,(H2,21,22,23,24). The van der Waals surface area contributed by atoms with Crippen LogP contribution in [-0.2, 0) is 4.74 Å². The molecule has 3 aromatic rings. The normalized spacial score (nSPS) is 17.3. The summed E-state index contributed by atoms with van der Waals surface area (Å²) in [5, 5.41) is 7.36. The number of hydrogen-bond acceptors (Lipinski definition) is 7. The zero-order valence-electron chi connectivity index (χ0n) is 14.7. The van der Waals surface area contributed by atoms with Crippen molar-refractivity contribution in [3.8, 4) is 0 Å². The topological polar surface area (TPSA) is 75.5 Å². The van der Waals surface area contributed by atoms with Gasteiger partial charge in [0.05, 0.1) is 30.2 Å². The Morgan fingerprint density at radius 3 is 2.74 bits per heavy atom. The zero-order chi connectivity index (χ0) is 18.2. The van der Waals surface area contributed by atoms with E-state index >= 15 is 0 Å². The molecule has 1 aliphatic carbocycles. The van der Waals surface area contributed by atoms with Gasteiger partial charge in [-0.2, -0.15) is 4.98 Å². The summed E-state index contributed by atoms with van der Waals surface area (Å²) in [6, 6.07) is 8.24. The Hall–Kier alpha value is -2.51. The number of aromatic nitrogens is 2. The second kappa shape index (κ2) is 6.90. The fourth-order valence-corrected chi connectivity index (χ4v) is 3.51. The molecule has 0 amide bonds. The van der Waals surface area contributed by atoms with Gasteiger partial charge in [0.25, 0.3) is 0 Å². The van der Waals surface area contributed by atoms with Crippen molar-refractivity contribution in [2.75, 3.05) is 41.8 Å². The van der Waals surface area contributed by atoms with E-state index in [1.807, 2.05) is 24.3 Å². The lowest BCUT2D eigenvalue weighted by Crippen LogP contribution is -2.36. The van der Waals surface area contributed by atoms with E-state index in [2.05, 4.69) is 25.5 Å². The number of hydrogen-bond donors (Lipinski definition) is 2. The third-order valence-corrected chi connectivity index (χ3v) is 5.08. The van der Waals surface area contributed by atoms with Crippen LogP contribution in [0.5, 0.6) is 0 Å². The molecule has 140 valence electrons. The fraction of sp³-hybridized carbons (Fsp3) is 0.368. The average Bonchev–Trinajstić information content (AvgIpc) is 3.36. The molecule has 5 rings (SSSR count). The highest BCUT2D eigenvalue weighted by Gasteiger charge is 2.24. The van der Waals surface area contributed by atoms with Crippen LogP contribution in [0.1, 0.15) is 12.8 Å². The quantitative estimate of drug-likeness (QED) is 0.686. The minimum Gasteiger partial charge on any atom is -0.459 e. The second-order valence-corrected chi connectivity index (χ2v) is 7.25. The van der Waals surface area contributed by atoms with Crippen LogP contribution in [0.15, 0.2) is 34.9 Å². The molecule has 1 saturated carbocycles. The number of nitrogens with zero attached hydrogens (tertiary/aromatic N) is 3. The van der Waals surface area contributed by atoms with Crippen molar-refractivity contribution in [3.05, 3.63) is 35.6 Å². The largest absolute Gasteiger partial charge is 0.459 e. The predicted molar refractivity (Wildman–Crippen MR) is 106 cm³/mol. The average molecular weight is 386 g/mol. The Kier molecular flexibility index (Phi) is 4.26. The second-order valence-electron chi connectivity index (χ2n) is 6.84. The Bertz CT molecular complexity index is 966. The number of benzene rings is 1. The first-order valence-corrected chi connectivity index (χ1v) is 9.55. The van der Waals surface area contributed by atoms with Crippen molar-refractivity contribution < 1.29 is 9.15 Å². The van der Waals surface area contributed by atoms with Crippen LogP contribution in [-0.4, -0.2) is 42.3 Å². The molecule has 7 nitrogen and oxygen atoms in total. The highest BCUT2D eigenvalue weighted by Crippen LogP contribution is 2.32. The van der Waals surface area contributed by atoms with Gasteiger partial charge in [-0.25, -0.2) is 4.98 Å². The van der Waals surface area contributed by atoms with E-state index in [-0.39, 0.29) is 0 Å². The summed E-state index contributed by atoms with van der Waals surface area (Å²) < 4.78 is 10.9. The maximum atomic E-state index is 6.52. The minimum atomic E-state index is 0.475. The zero-order valence-corrected chi connectivity index (χ0v) is 15.5. The molecular weight excluding hydrogens is 366 g/mol. The van der Waals surface area contributed by atoms with Crippen molar-refractivity contribution in [3.63, 3.8) is 0 Å². The molecule has 2 fully saturated rings. The van der Waals surface area contributed by atoms with Gasteiger partial charge in [0.2, 0.25) is 5.95 Å². The summed E-state index contributed by atoms with van der Waals surface area (Å²) in [6.45, 7) is 3.16. The Morgan fingerprint density at radius 2 is 1.96 bits per heavy atom. The van der Waals surface area contributed by atoms with E-state index in [0.717, 1.165) is 61.9 Å². The summed E-state index contributed by atoms with van der Waals surface area (Å²) in [7, 11) is 0. The van der Waals surface area contributed by atoms with Gasteiger partial charge in [0.1, 0.15) is 5.52 Å². The van der Waals surface area contributed by atoms with E-state index in [0.29, 0.717) is 22.6 Å². The monoisotopic (exact) mass is 385 g/mol. The van der Waals surface area contributed by atoms with Crippen molar-refractivity contribution >= 4 is 45.8 Å². The van der Waals surface area contributed by atoms with Gasteiger partial charge in [0.15, 0.2) is 11.4 Å². The van der Waals surface area contributed by atoms with Crippen molar-refractivity contribution in [2.45, 2.75) is 18.9 Å². The predicted octanol–water partition coefficient (Wildman–Crippen LogP) is 4.03. The first-order valence-electron chi connectivity index (χ1n) is 9.17. The molecule has 2 N–H and O–H groups in total. The number of morpholine rings is 1. The summed E-state index contributed by atoms with van der Waals surface area (Å²) in [4.78, 5) is 11.4. The molecule has 3 heterocycles. The summed E-state index contributed by atoms with van der Waals surface area (Å²) in [5.41, 5.74) is 3.32. The van der Waals surface area contributed by atoms with Crippen LogP contribution >= 0.6 is 11.6 Å². The lowest BCUT2D eigenvalue weighted by atomic mass is 10.2. The maximum Gasteiger partial charge on any atom is 0.229 e. The van der Waals surface area contributed by atoms with Crippen molar-refractivity contribution in [1.82, 2.24) is 9.97 Å². The first kappa shape index (κ1) is 16.6. The number of rotatable bonds is 5. The van der Waals surface area contributed by atoms with Crippen LogP contribution in [0.4, 0.5) is 23.1 Å². The molecule has 0 unspecified atom stereocenters. The van der Waals surface area contributed by atoms with Crippen LogP contribution in [0.3, 0.4) is 0 Å². The van der Waals surface area contributed by atoms with Gasteiger partial charge >= 0.3 is 0 Å². The number of furan rings is 1. The number of nitrogens with one attached hydrogen (secondary N) is 2. The van der Waals surface area contributed by atoms with Gasteiger partial charge in [-0.3, -0.25) is 0 Å². The van der Waals surface area contributed by atoms with Crippen LogP contribution in [0.2, 0.25) is 5.02 Å². The molecule has 8 heteroatoms. The lowest BCUT2D eigenvalue weighted by molar-refractivity contribution is 0.122. The number of anilines is 4. The number of halogens is 1.